The van der Waals surface area contributed by atoms with Crippen LogP contribution in [0, 0.1) is 0 Å². The first-order chi connectivity index (χ1) is 8.38. The van der Waals surface area contributed by atoms with E-state index in [1.165, 1.54) is 11.1 Å². The number of hydrogen-bond acceptors (Lipinski definition) is 2. The number of nitrogens with two attached hydrogens (primary N) is 1. The topological polar surface area (TPSA) is 46.3 Å². The van der Waals surface area contributed by atoms with Crippen LogP contribution in [0.5, 0.6) is 0 Å². The highest BCUT2D eigenvalue weighted by Gasteiger charge is 2.28. The molecule has 0 aliphatic carbocycles. The molecule has 2 N–H and O–H groups in total. The van der Waals surface area contributed by atoms with Gasteiger partial charge in [-0.2, -0.15) is 0 Å². The van der Waals surface area contributed by atoms with Crippen molar-refractivity contribution in [2.45, 2.75) is 45.2 Å². The van der Waals surface area contributed by atoms with Crippen molar-refractivity contribution in [2.75, 3.05) is 6.54 Å². The second-order valence-electron chi connectivity index (χ2n) is 6.10. The maximum Gasteiger partial charge on any atom is 0.239 e. The molecule has 1 aromatic rings. The van der Waals surface area contributed by atoms with Gasteiger partial charge in [0, 0.05) is 13.1 Å². The summed E-state index contributed by atoms with van der Waals surface area (Å²) in [4.78, 5) is 13.6. The van der Waals surface area contributed by atoms with Crippen LogP contribution in [-0.4, -0.2) is 23.4 Å². The van der Waals surface area contributed by atoms with Crippen LogP contribution < -0.4 is 5.73 Å². The fraction of sp³-hybridized carbons (Fsp3) is 0.533. The SMILES string of the molecule is CC(C)(C)c1ccc(CN2CC[C@H](N)C2=O)cc1. The van der Waals surface area contributed by atoms with Crippen molar-refractivity contribution in [1.29, 1.82) is 0 Å². The van der Waals surface area contributed by atoms with Crippen molar-refractivity contribution >= 4 is 5.91 Å². The summed E-state index contributed by atoms with van der Waals surface area (Å²) in [6, 6.07) is 8.22. The summed E-state index contributed by atoms with van der Waals surface area (Å²) in [5.41, 5.74) is 8.37. The van der Waals surface area contributed by atoms with Crippen LogP contribution in [0.2, 0.25) is 0 Å². The monoisotopic (exact) mass is 246 g/mol. The van der Waals surface area contributed by atoms with E-state index in [9.17, 15) is 4.79 Å². The quantitative estimate of drug-likeness (QED) is 0.868. The highest BCUT2D eigenvalue weighted by molar-refractivity contribution is 5.83. The molecule has 1 amide bonds. The molecule has 3 nitrogen and oxygen atoms in total. The fourth-order valence-electron chi connectivity index (χ4n) is 2.25. The number of amides is 1. The number of nitrogens with zero attached hydrogens (tertiary/aromatic N) is 1. The van der Waals surface area contributed by atoms with Crippen molar-refractivity contribution in [3.63, 3.8) is 0 Å². The summed E-state index contributed by atoms with van der Waals surface area (Å²) in [7, 11) is 0. The van der Waals surface area contributed by atoms with Crippen LogP contribution in [0.25, 0.3) is 0 Å². The van der Waals surface area contributed by atoms with Gasteiger partial charge in [0.25, 0.3) is 0 Å². The van der Waals surface area contributed by atoms with Gasteiger partial charge in [-0.15, -0.1) is 0 Å². The lowest BCUT2D eigenvalue weighted by molar-refractivity contribution is -0.129. The van der Waals surface area contributed by atoms with E-state index >= 15 is 0 Å². The lowest BCUT2D eigenvalue weighted by Crippen LogP contribution is -2.33. The minimum atomic E-state index is -0.293. The maximum absolute atomic E-state index is 11.7. The van der Waals surface area contributed by atoms with Crippen molar-refractivity contribution in [3.8, 4) is 0 Å². The minimum absolute atomic E-state index is 0.0786. The number of carbonyl (C=O) groups is 1. The van der Waals surface area contributed by atoms with E-state index in [4.69, 9.17) is 5.73 Å². The third kappa shape index (κ3) is 2.72. The van der Waals surface area contributed by atoms with E-state index in [1.54, 1.807) is 0 Å². The molecular formula is C15H22N2O. The molecule has 98 valence electrons. The number of carbonyl (C=O) groups excluding carboxylic acids is 1. The number of likely N-dealkylation sites (tertiary alicyclic amines) is 1. The summed E-state index contributed by atoms with van der Waals surface area (Å²) in [6.07, 6.45) is 0.777. The van der Waals surface area contributed by atoms with Crippen molar-refractivity contribution < 1.29 is 4.79 Å². The predicted molar refractivity (Wildman–Crippen MR) is 73.2 cm³/mol. The molecule has 0 saturated carbocycles. The molecule has 0 bridgehead atoms. The summed E-state index contributed by atoms with van der Waals surface area (Å²) >= 11 is 0. The molecule has 0 radical (unpaired) electrons. The molecule has 3 heteroatoms. The number of hydrogen-bond donors (Lipinski definition) is 1. The van der Waals surface area contributed by atoms with E-state index < -0.39 is 0 Å². The second kappa shape index (κ2) is 4.73. The Labute approximate surface area is 109 Å². The van der Waals surface area contributed by atoms with E-state index in [-0.39, 0.29) is 17.4 Å². The Morgan fingerprint density at radius 1 is 1.28 bits per heavy atom. The van der Waals surface area contributed by atoms with Crippen LogP contribution in [0.4, 0.5) is 0 Å². The molecule has 1 heterocycles. The molecule has 1 atom stereocenters. The Morgan fingerprint density at radius 3 is 2.33 bits per heavy atom. The van der Waals surface area contributed by atoms with Crippen LogP contribution >= 0.6 is 0 Å². The first-order valence-corrected chi connectivity index (χ1v) is 6.52. The average Bonchev–Trinajstić information content (AvgIpc) is 2.61. The molecule has 1 fully saturated rings. The van der Waals surface area contributed by atoms with E-state index in [0.29, 0.717) is 6.54 Å². The average molecular weight is 246 g/mol. The summed E-state index contributed by atoms with van der Waals surface area (Å²) in [5, 5.41) is 0. The van der Waals surface area contributed by atoms with Gasteiger partial charge in [-0.05, 0) is 23.0 Å². The van der Waals surface area contributed by atoms with Crippen LogP contribution in [0.15, 0.2) is 24.3 Å². The van der Waals surface area contributed by atoms with Crippen molar-refractivity contribution in [1.82, 2.24) is 4.90 Å². The molecule has 1 saturated heterocycles. The van der Waals surface area contributed by atoms with Gasteiger partial charge in [-0.1, -0.05) is 45.0 Å². The first kappa shape index (κ1) is 13.1. The molecule has 1 aliphatic heterocycles. The lowest BCUT2D eigenvalue weighted by atomic mass is 9.87. The normalized spacial score (nSPS) is 20.6. The standard InChI is InChI=1S/C15H22N2O/c1-15(2,3)12-6-4-11(5-7-12)10-17-9-8-13(16)14(17)18/h4-7,13H,8-10,16H2,1-3H3/t13-/m0/s1. The highest BCUT2D eigenvalue weighted by Crippen LogP contribution is 2.23. The minimum Gasteiger partial charge on any atom is -0.337 e. The Morgan fingerprint density at radius 2 is 1.89 bits per heavy atom. The molecule has 0 aromatic heterocycles. The van der Waals surface area contributed by atoms with Gasteiger partial charge in [-0.3, -0.25) is 4.79 Å². The zero-order valence-electron chi connectivity index (χ0n) is 11.4. The second-order valence-corrected chi connectivity index (χ2v) is 6.10. The van der Waals surface area contributed by atoms with Crippen LogP contribution in [0.1, 0.15) is 38.3 Å². The highest BCUT2D eigenvalue weighted by atomic mass is 16.2. The third-order valence-corrected chi connectivity index (χ3v) is 3.53. The fourth-order valence-corrected chi connectivity index (χ4v) is 2.25. The Balaban J connectivity index is 2.05. The van der Waals surface area contributed by atoms with Crippen molar-refractivity contribution in [2.24, 2.45) is 5.73 Å². The lowest BCUT2D eigenvalue weighted by Gasteiger charge is -2.20. The van der Waals surface area contributed by atoms with Gasteiger partial charge in [0.05, 0.1) is 6.04 Å². The maximum atomic E-state index is 11.7. The zero-order valence-corrected chi connectivity index (χ0v) is 11.4. The van der Waals surface area contributed by atoms with E-state index in [1.807, 2.05) is 4.90 Å². The van der Waals surface area contributed by atoms with Gasteiger partial charge in [-0.25, -0.2) is 0 Å². The summed E-state index contributed by atoms with van der Waals surface area (Å²) < 4.78 is 0. The Bertz CT molecular complexity index is 431. The van der Waals surface area contributed by atoms with E-state index in [2.05, 4.69) is 45.0 Å². The largest absolute Gasteiger partial charge is 0.337 e. The van der Waals surface area contributed by atoms with Gasteiger partial charge in [0.15, 0.2) is 0 Å². The van der Waals surface area contributed by atoms with Gasteiger partial charge in [0.2, 0.25) is 5.91 Å². The Hall–Kier alpha value is -1.35. The van der Waals surface area contributed by atoms with Crippen LogP contribution in [-0.2, 0) is 16.8 Å². The molecule has 1 aromatic carbocycles. The number of benzene rings is 1. The summed E-state index contributed by atoms with van der Waals surface area (Å²) in [5.74, 6) is 0.0786. The Kier molecular flexibility index (Phi) is 3.44. The van der Waals surface area contributed by atoms with E-state index in [0.717, 1.165) is 13.0 Å². The van der Waals surface area contributed by atoms with Gasteiger partial charge < -0.3 is 10.6 Å². The molecule has 0 spiro atoms. The van der Waals surface area contributed by atoms with Crippen LogP contribution in [0.3, 0.4) is 0 Å². The molecule has 18 heavy (non-hydrogen) atoms. The molecule has 0 unspecified atom stereocenters. The zero-order chi connectivity index (χ0) is 13.3. The molecule has 2 rings (SSSR count). The molecule has 1 aliphatic rings. The van der Waals surface area contributed by atoms with Gasteiger partial charge in [0.1, 0.15) is 0 Å². The molecular weight excluding hydrogens is 224 g/mol. The smallest absolute Gasteiger partial charge is 0.239 e. The predicted octanol–water partition coefficient (Wildman–Crippen LogP) is 2.04. The first-order valence-electron chi connectivity index (χ1n) is 6.52. The summed E-state index contributed by atoms with van der Waals surface area (Å²) in [6.45, 7) is 8.05. The van der Waals surface area contributed by atoms with Crippen molar-refractivity contribution in [3.05, 3.63) is 35.4 Å². The third-order valence-electron chi connectivity index (χ3n) is 3.53. The van der Waals surface area contributed by atoms with Gasteiger partial charge >= 0.3 is 0 Å². The number of rotatable bonds is 2.